The lowest BCUT2D eigenvalue weighted by molar-refractivity contribution is 0.102. The molecule has 0 bridgehead atoms. The third-order valence-corrected chi connectivity index (χ3v) is 7.68. The summed E-state index contributed by atoms with van der Waals surface area (Å²) in [6.07, 6.45) is 0. The molecule has 1 aliphatic heterocycles. The maximum atomic E-state index is 13.2. The molecule has 0 aliphatic carbocycles. The molecule has 0 radical (unpaired) electrons. The van der Waals surface area contributed by atoms with E-state index in [1.54, 1.807) is 44.2 Å². The van der Waals surface area contributed by atoms with Gasteiger partial charge in [-0.2, -0.15) is 4.31 Å². The van der Waals surface area contributed by atoms with Gasteiger partial charge in [0.2, 0.25) is 10.0 Å². The summed E-state index contributed by atoms with van der Waals surface area (Å²) in [5.41, 5.74) is 1.53. The fraction of sp³-hybridized carbons (Fsp3) is 0.458. The Hall–Kier alpha value is -2.82. The molecular weight excluding hydrogens is 458 g/mol. The minimum absolute atomic E-state index is 0.132. The van der Waals surface area contributed by atoms with Crippen molar-refractivity contribution in [1.29, 1.82) is 0 Å². The largest absolute Gasteiger partial charge is 0.493 e. The van der Waals surface area contributed by atoms with Crippen molar-refractivity contribution in [3.8, 4) is 11.5 Å². The van der Waals surface area contributed by atoms with Crippen LogP contribution in [0, 0.1) is 0 Å². The van der Waals surface area contributed by atoms with E-state index in [1.165, 1.54) is 17.5 Å². The first-order valence-corrected chi connectivity index (χ1v) is 12.9. The minimum Gasteiger partial charge on any atom is -0.493 e. The van der Waals surface area contributed by atoms with Gasteiger partial charge in [0.1, 0.15) is 0 Å². The maximum absolute atomic E-state index is 13.2. The van der Waals surface area contributed by atoms with Gasteiger partial charge in [0.25, 0.3) is 5.91 Å². The second-order valence-electron chi connectivity index (χ2n) is 7.62. The van der Waals surface area contributed by atoms with Crippen LogP contribution in [0.1, 0.15) is 31.1 Å². The van der Waals surface area contributed by atoms with E-state index in [4.69, 9.17) is 14.2 Å². The van der Waals surface area contributed by atoms with E-state index in [-0.39, 0.29) is 10.8 Å². The molecule has 1 heterocycles. The Labute approximate surface area is 201 Å². The highest BCUT2D eigenvalue weighted by Gasteiger charge is 2.25. The van der Waals surface area contributed by atoms with Gasteiger partial charge in [0.05, 0.1) is 43.2 Å². The smallest absolute Gasteiger partial charge is 0.255 e. The normalized spacial score (nSPS) is 14.2. The van der Waals surface area contributed by atoms with Crippen molar-refractivity contribution in [3.05, 3.63) is 42.0 Å². The van der Waals surface area contributed by atoms with Crippen LogP contribution in [0.15, 0.2) is 41.3 Å². The van der Waals surface area contributed by atoms with Gasteiger partial charge in [-0.1, -0.05) is 13.8 Å². The number of sulfonamides is 1. The molecule has 2 aromatic rings. The van der Waals surface area contributed by atoms with E-state index >= 15 is 0 Å². The van der Waals surface area contributed by atoms with Crippen molar-refractivity contribution >= 4 is 27.3 Å². The van der Waals surface area contributed by atoms with Crippen LogP contribution in [-0.2, 0) is 14.8 Å². The van der Waals surface area contributed by atoms with E-state index in [9.17, 15) is 13.2 Å². The average Bonchev–Trinajstić information content (AvgIpc) is 2.85. The molecule has 9 nitrogen and oxygen atoms in total. The number of carbonyl (C=O) groups excluding carboxylic acids is 1. The molecular formula is C24H33N3O6S. The van der Waals surface area contributed by atoms with E-state index in [1.807, 2.05) is 6.92 Å². The highest BCUT2D eigenvalue weighted by Crippen LogP contribution is 2.32. The number of benzene rings is 2. The lowest BCUT2D eigenvalue weighted by Crippen LogP contribution is -2.37. The molecule has 0 aromatic heterocycles. The second kappa shape index (κ2) is 11.5. The average molecular weight is 492 g/mol. The summed E-state index contributed by atoms with van der Waals surface area (Å²) in [5, 5.41) is 2.91. The summed E-state index contributed by atoms with van der Waals surface area (Å²) in [6, 6.07) is 9.80. The number of nitrogens with zero attached hydrogens (tertiary/aromatic N) is 2. The van der Waals surface area contributed by atoms with Gasteiger partial charge in [-0.15, -0.1) is 0 Å². The number of hydrogen-bond donors (Lipinski definition) is 1. The number of carbonyl (C=O) groups is 1. The van der Waals surface area contributed by atoms with Crippen molar-refractivity contribution in [3.63, 3.8) is 0 Å². The highest BCUT2D eigenvalue weighted by molar-refractivity contribution is 7.89. The van der Waals surface area contributed by atoms with Crippen LogP contribution in [0.25, 0.3) is 0 Å². The van der Waals surface area contributed by atoms with Gasteiger partial charge in [0.15, 0.2) is 11.5 Å². The first-order valence-electron chi connectivity index (χ1n) is 11.4. The van der Waals surface area contributed by atoms with E-state index < -0.39 is 10.0 Å². The van der Waals surface area contributed by atoms with Crippen LogP contribution in [0.5, 0.6) is 11.5 Å². The zero-order valence-corrected chi connectivity index (χ0v) is 21.0. The first-order chi connectivity index (χ1) is 16.3. The van der Waals surface area contributed by atoms with Gasteiger partial charge < -0.3 is 24.4 Å². The molecule has 1 fully saturated rings. The Bertz CT molecular complexity index is 1100. The Balaban J connectivity index is 1.99. The molecule has 186 valence electrons. The Kier molecular flexibility index (Phi) is 8.76. The molecule has 2 aromatic carbocycles. The summed E-state index contributed by atoms with van der Waals surface area (Å²) in [5.74, 6) is 0.608. The molecule has 0 spiro atoms. The number of morpholine rings is 1. The van der Waals surface area contributed by atoms with Crippen LogP contribution in [0.4, 0.5) is 11.4 Å². The number of rotatable bonds is 10. The van der Waals surface area contributed by atoms with Crippen molar-refractivity contribution < 1.29 is 27.4 Å². The molecule has 1 saturated heterocycles. The quantitative estimate of drug-likeness (QED) is 0.545. The maximum Gasteiger partial charge on any atom is 0.255 e. The number of nitrogens with one attached hydrogen (secondary N) is 1. The molecule has 10 heteroatoms. The monoisotopic (exact) mass is 491 g/mol. The van der Waals surface area contributed by atoms with Crippen molar-refractivity contribution in [2.45, 2.75) is 25.7 Å². The second-order valence-corrected chi connectivity index (χ2v) is 9.56. The van der Waals surface area contributed by atoms with Crippen LogP contribution in [0.3, 0.4) is 0 Å². The number of methoxy groups -OCH3 is 1. The number of ether oxygens (including phenoxy) is 3. The molecule has 34 heavy (non-hydrogen) atoms. The standard InChI is InChI=1S/C24H33N3O6S/c1-5-27(6-2)34(29,30)19-9-10-21(26-12-14-32-15-13-26)20(17-19)25-24(28)18-8-11-22(33-7-3)23(16-18)31-4/h8-11,16-17H,5-7,12-15H2,1-4H3,(H,25,28). The third-order valence-electron chi connectivity index (χ3n) is 5.64. The lowest BCUT2D eigenvalue weighted by atomic mass is 10.1. The molecule has 0 saturated carbocycles. The molecule has 0 unspecified atom stereocenters. The van der Waals surface area contributed by atoms with E-state index in [0.29, 0.717) is 68.7 Å². The molecule has 1 amide bonds. The minimum atomic E-state index is -3.69. The summed E-state index contributed by atoms with van der Waals surface area (Å²) < 4.78 is 44.0. The van der Waals surface area contributed by atoms with Crippen molar-refractivity contribution in [1.82, 2.24) is 4.31 Å². The van der Waals surface area contributed by atoms with Gasteiger partial charge in [-0.05, 0) is 43.3 Å². The summed E-state index contributed by atoms with van der Waals surface area (Å²) in [6.45, 7) is 9.05. The van der Waals surface area contributed by atoms with Crippen LogP contribution in [-0.4, -0.2) is 71.7 Å². The Morgan fingerprint density at radius 3 is 2.38 bits per heavy atom. The van der Waals surface area contributed by atoms with Gasteiger partial charge in [-0.25, -0.2) is 8.42 Å². The highest BCUT2D eigenvalue weighted by atomic mass is 32.2. The number of amides is 1. The Morgan fingerprint density at radius 2 is 1.76 bits per heavy atom. The molecule has 0 atom stereocenters. The SMILES string of the molecule is CCOc1ccc(C(=O)Nc2cc(S(=O)(=O)N(CC)CC)ccc2N2CCOCC2)cc1OC. The van der Waals surface area contributed by atoms with Gasteiger partial charge in [0, 0.05) is 31.7 Å². The number of anilines is 2. The third kappa shape index (κ3) is 5.63. The van der Waals surface area contributed by atoms with E-state index in [0.717, 1.165) is 5.69 Å². The molecule has 1 aliphatic rings. The summed E-state index contributed by atoms with van der Waals surface area (Å²) in [4.78, 5) is 15.4. The van der Waals surface area contributed by atoms with Gasteiger partial charge >= 0.3 is 0 Å². The summed E-state index contributed by atoms with van der Waals surface area (Å²) >= 11 is 0. The van der Waals surface area contributed by atoms with Crippen LogP contribution in [0.2, 0.25) is 0 Å². The zero-order valence-electron chi connectivity index (χ0n) is 20.2. The first kappa shape index (κ1) is 25.8. The van der Waals surface area contributed by atoms with Crippen LogP contribution >= 0.6 is 0 Å². The van der Waals surface area contributed by atoms with E-state index in [2.05, 4.69) is 10.2 Å². The fourth-order valence-corrected chi connectivity index (χ4v) is 5.33. The van der Waals surface area contributed by atoms with Crippen molar-refractivity contribution in [2.75, 3.05) is 63.3 Å². The number of hydrogen-bond acceptors (Lipinski definition) is 7. The van der Waals surface area contributed by atoms with Crippen molar-refractivity contribution in [2.24, 2.45) is 0 Å². The lowest BCUT2D eigenvalue weighted by Gasteiger charge is -2.31. The Morgan fingerprint density at radius 1 is 1.06 bits per heavy atom. The molecule has 3 rings (SSSR count). The predicted molar refractivity (Wildman–Crippen MR) is 132 cm³/mol. The zero-order chi connectivity index (χ0) is 24.7. The summed E-state index contributed by atoms with van der Waals surface area (Å²) in [7, 11) is -2.18. The fourth-order valence-electron chi connectivity index (χ4n) is 3.85. The predicted octanol–water partition coefficient (Wildman–Crippen LogP) is 3.21. The van der Waals surface area contributed by atoms with Crippen LogP contribution < -0.4 is 19.7 Å². The van der Waals surface area contributed by atoms with Gasteiger partial charge in [-0.3, -0.25) is 4.79 Å². The molecule has 1 N–H and O–H groups in total. The topological polar surface area (TPSA) is 97.4 Å².